The van der Waals surface area contributed by atoms with E-state index in [-0.39, 0.29) is 22.5 Å². The van der Waals surface area contributed by atoms with Crippen LogP contribution in [-0.2, 0) is 10.2 Å². The van der Waals surface area contributed by atoms with Gasteiger partial charge in [0.1, 0.15) is 5.41 Å². The molecule has 1 aliphatic carbocycles. The van der Waals surface area contributed by atoms with Crippen LogP contribution in [0.4, 0.5) is 0 Å². The number of rotatable bonds is 10. The van der Waals surface area contributed by atoms with Crippen LogP contribution in [0.25, 0.3) is 11.1 Å². The van der Waals surface area contributed by atoms with Crippen LogP contribution in [-0.4, -0.2) is 53.6 Å². The number of nitrogens with zero attached hydrogens (tertiary/aromatic N) is 1. The fraction of sp³-hybridized carbons (Fsp3) is 0.355. The Hall–Kier alpha value is -1.86. The van der Waals surface area contributed by atoms with E-state index in [1.54, 1.807) is 24.3 Å². The van der Waals surface area contributed by atoms with E-state index < -0.39 is 5.41 Å². The zero-order chi connectivity index (χ0) is 28.3. The number of benzene rings is 3. The van der Waals surface area contributed by atoms with Crippen molar-refractivity contribution in [3.8, 4) is 11.1 Å². The van der Waals surface area contributed by atoms with Gasteiger partial charge in [-0.05, 0) is 66.3 Å². The van der Waals surface area contributed by atoms with Gasteiger partial charge in [0.25, 0.3) is 5.91 Å². The van der Waals surface area contributed by atoms with Gasteiger partial charge in [-0.2, -0.15) is 0 Å². The minimum atomic E-state index is -0.711. The molecule has 1 aliphatic heterocycles. The molecule has 2 amide bonds. The Balaban J connectivity index is 1.24. The molecule has 4 atom stereocenters. The van der Waals surface area contributed by atoms with Crippen LogP contribution in [0.2, 0.25) is 5.02 Å². The highest BCUT2D eigenvalue weighted by Gasteiger charge is 2.48. The highest BCUT2D eigenvalue weighted by atomic mass is 35.5. The Labute approximate surface area is 249 Å². The molecule has 3 aromatic carbocycles. The first-order valence-corrected chi connectivity index (χ1v) is 15.9. The molecule has 1 heterocycles. The quantitative estimate of drug-likeness (QED) is 0.229. The fourth-order valence-corrected chi connectivity index (χ4v) is 6.61. The Bertz CT molecular complexity index is 1350. The number of hydrogen-bond donors (Lipinski definition) is 2. The lowest BCUT2D eigenvalue weighted by atomic mass is 9.73. The first kappa shape index (κ1) is 29.6. The van der Waals surface area contributed by atoms with Crippen molar-refractivity contribution in [2.24, 2.45) is 0 Å². The smallest absolute Gasteiger partial charge is 0.251 e. The summed E-state index contributed by atoms with van der Waals surface area (Å²) in [4.78, 5) is 29.1. The topological polar surface area (TPSA) is 61.4 Å². The lowest BCUT2D eigenvalue weighted by molar-refractivity contribution is -0.125. The van der Waals surface area contributed by atoms with Crippen LogP contribution in [0.1, 0.15) is 47.2 Å². The van der Waals surface area contributed by atoms with E-state index in [1.807, 2.05) is 12.1 Å². The van der Waals surface area contributed by atoms with Gasteiger partial charge in [-0.25, -0.2) is 0 Å². The molecule has 0 spiro atoms. The number of amides is 2. The second kappa shape index (κ2) is 12.6. The molecular formula is C31H37ClN3O2P3. The molecule has 40 heavy (non-hydrogen) atoms. The zero-order valence-corrected chi connectivity index (χ0v) is 26.8. The van der Waals surface area contributed by atoms with Gasteiger partial charge in [0.2, 0.25) is 5.91 Å². The maximum Gasteiger partial charge on any atom is 0.251 e. The van der Waals surface area contributed by atoms with Crippen molar-refractivity contribution in [1.29, 1.82) is 0 Å². The molecule has 1 saturated heterocycles. The lowest BCUT2D eigenvalue weighted by Crippen LogP contribution is -2.46. The van der Waals surface area contributed by atoms with E-state index >= 15 is 0 Å². The van der Waals surface area contributed by atoms with E-state index in [2.05, 4.69) is 79.7 Å². The standard InChI is InChI=1S/C31H37ClN3O2P3/c32-22-9-7-8-21(18-22)28(36)34-23-14-17-35(19-23)16-6-5-15-30(29(37)33-20-31(38,39)40)26-12-3-1-10-24(26)25-11-2-4-13-27(25)30/h1-4,7-13,18,23H,5-6,14-17,19-20,38-40H2,(H,33,37)(H,34,36). The van der Waals surface area contributed by atoms with E-state index in [0.29, 0.717) is 17.1 Å². The summed E-state index contributed by atoms with van der Waals surface area (Å²) < 4.78 is -0.247. The molecule has 210 valence electrons. The Morgan fingerprint density at radius 3 is 2.27 bits per heavy atom. The molecule has 5 rings (SSSR count). The highest BCUT2D eigenvalue weighted by Crippen LogP contribution is 2.51. The third kappa shape index (κ3) is 6.46. The van der Waals surface area contributed by atoms with Crippen LogP contribution >= 0.6 is 39.3 Å². The van der Waals surface area contributed by atoms with Crippen LogP contribution in [0.5, 0.6) is 0 Å². The Kier molecular flexibility index (Phi) is 9.30. The molecule has 0 radical (unpaired) electrons. The van der Waals surface area contributed by atoms with E-state index in [1.165, 1.54) is 0 Å². The van der Waals surface area contributed by atoms with Crippen LogP contribution in [0.3, 0.4) is 0 Å². The van der Waals surface area contributed by atoms with Gasteiger partial charge in [0.15, 0.2) is 0 Å². The number of fused-ring (bicyclic) bond motifs is 3. The molecule has 0 saturated carbocycles. The summed E-state index contributed by atoms with van der Waals surface area (Å²) in [5.74, 6) is -0.0158. The van der Waals surface area contributed by atoms with Crippen LogP contribution in [0, 0.1) is 0 Å². The zero-order valence-electron chi connectivity index (χ0n) is 22.5. The highest BCUT2D eigenvalue weighted by molar-refractivity contribution is 7.57. The molecule has 2 aliphatic rings. The molecule has 0 bridgehead atoms. The van der Waals surface area contributed by atoms with Gasteiger partial charge in [-0.1, -0.05) is 72.6 Å². The molecule has 0 aromatic heterocycles. The number of carbonyl (C=O) groups is 2. The van der Waals surface area contributed by atoms with Gasteiger partial charge < -0.3 is 15.5 Å². The predicted molar refractivity (Wildman–Crippen MR) is 175 cm³/mol. The predicted octanol–water partition coefficient (Wildman–Crippen LogP) is 5.68. The molecular weight excluding hydrogens is 575 g/mol. The number of hydrogen-bond acceptors (Lipinski definition) is 3. The number of nitrogens with one attached hydrogen (secondary N) is 2. The first-order valence-electron chi connectivity index (χ1n) is 13.8. The van der Waals surface area contributed by atoms with Crippen molar-refractivity contribution in [1.82, 2.24) is 15.5 Å². The fourth-order valence-electron chi connectivity index (χ4n) is 6.11. The number of carbonyl (C=O) groups excluding carboxylic acids is 2. The minimum absolute atomic E-state index is 0.0617. The summed E-state index contributed by atoms with van der Waals surface area (Å²) >= 11 is 6.05. The van der Waals surface area contributed by atoms with Crippen molar-refractivity contribution < 1.29 is 9.59 Å². The van der Waals surface area contributed by atoms with Gasteiger partial charge >= 0.3 is 0 Å². The average Bonchev–Trinajstić information content (AvgIpc) is 3.50. The van der Waals surface area contributed by atoms with Gasteiger partial charge in [-0.15, -0.1) is 27.7 Å². The third-order valence-corrected chi connectivity index (χ3v) is 8.82. The molecule has 3 aromatic rings. The normalized spacial score (nSPS) is 17.8. The summed E-state index contributed by atoms with van der Waals surface area (Å²) in [5, 5.41) is 6.97. The van der Waals surface area contributed by atoms with Crippen LogP contribution in [0.15, 0.2) is 72.8 Å². The maximum atomic E-state index is 14.1. The summed E-state index contributed by atoms with van der Waals surface area (Å²) in [6.45, 7) is 3.25. The second-order valence-corrected chi connectivity index (χ2v) is 16.7. The summed E-state index contributed by atoms with van der Waals surface area (Å²) in [6, 6.07) is 23.9. The summed E-state index contributed by atoms with van der Waals surface area (Å²) in [6.07, 6.45) is 3.57. The van der Waals surface area contributed by atoms with Crippen molar-refractivity contribution >= 4 is 51.1 Å². The van der Waals surface area contributed by atoms with Crippen molar-refractivity contribution in [2.75, 3.05) is 26.2 Å². The Morgan fingerprint density at radius 2 is 1.62 bits per heavy atom. The molecule has 5 nitrogen and oxygen atoms in total. The van der Waals surface area contributed by atoms with Gasteiger partial charge in [0, 0.05) is 40.9 Å². The SMILES string of the molecule is O=C(NC1CCN(CCCCC2(C(=O)NCC(P)(P)P)c3ccccc3-c3ccccc32)C1)c1cccc(Cl)c1. The monoisotopic (exact) mass is 611 g/mol. The first-order chi connectivity index (χ1) is 19.2. The van der Waals surface area contributed by atoms with E-state index in [0.717, 1.165) is 67.6 Å². The number of likely N-dealkylation sites (tertiary alicyclic amines) is 1. The number of halogens is 1. The summed E-state index contributed by atoms with van der Waals surface area (Å²) in [7, 11) is 8.27. The Morgan fingerprint density at radius 1 is 0.950 bits per heavy atom. The van der Waals surface area contributed by atoms with E-state index in [9.17, 15) is 9.59 Å². The van der Waals surface area contributed by atoms with Crippen molar-refractivity contribution in [2.45, 2.75) is 41.8 Å². The van der Waals surface area contributed by atoms with Crippen molar-refractivity contribution in [3.05, 3.63) is 94.5 Å². The molecule has 2 N–H and O–H groups in total. The van der Waals surface area contributed by atoms with Crippen molar-refractivity contribution in [3.63, 3.8) is 0 Å². The number of unbranched alkanes of at least 4 members (excludes halogenated alkanes) is 1. The lowest BCUT2D eigenvalue weighted by Gasteiger charge is -2.32. The van der Waals surface area contributed by atoms with Gasteiger partial charge in [-0.3, -0.25) is 9.59 Å². The minimum Gasteiger partial charge on any atom is -0.353 e. The molecule has 9 heteroatoms. The maximum absolute atomic E-state index is 14.1. The third-order valence-electron chi connectivity index (χ3n) is 7.98. The summed E-state index contributed by atoms with van der Waals surface area (Å²) in [5.41, 5.74) is 4.38. The average molecular weight is 612 g/mol. The van der Waals surface area contributed by atoms with Crippen LogP contribution < -0.4 is 10.6 Å². The second-order valence-electron chi connectivity index (χ2n) is 11.0. The van der Waals surface area contributed by atoms with E-state index in [4.69, 9.17) is 11.6 Å². The van der Waals surface area contributed by atoms with Gasteiger partial charge in [0.05, 0.1) is 0 Å². The molecule has 4 unspecified atom stereocenters. The molecule has 1 fully saturated rings. The largest absolute Gasteiger partial charge is 0.353 e.